The van der Waals surface area contributed by atoms with E-state index in [1.165, 1.54) is 0 Å². The lowest BCUT2D eigenvalue weighted by Gasteiger charge is -1.87. The minimum Gasteiger partial charge on any atom is -0.317 e. The summed E-state index contributed by atoms with van der Waals surface area (Å²) in [5, 5.41) is 2.29. The summed E-state index contributed by atoms with van der Waals surface area (Å²) in [6.07, 6.45) is 0.551. The largest absolute Gasteiger partial charge is 0.317 e. The summed E-state index contributed by atoms with van der Waals surface area (Å²) < 4.78 is 3.35. The van der Waals surface area contributed by atoms with E-state index in [1.807, 2.05) is 13.8 Å². The number of rotatable bonds is 1. The molecule has 0 bridgehead atoms. The third kappa shape index (κ3) is 11.2. The molecule has 4 heteroatoms. The lowest BCUT2D eigenvalue weighted by Crippen LogP contribution is -2.16. The normalized spacial score (nSPS) is 9.11. The first kappa shape index (κ1) is 11.3. The molecule has 0 atom stereocenters. The zero-order valence-corrected chi connectivity index (χ0v) is 6.77. The number of nitrogens with one attached hydrogen (secondary N) is 1. The summed E-state index contributed by atoms with van der Waals surface area (Å²) in [7, 11) is 0. The molecule has 1 N–H and O–H groups in total. The molecule has 1 amide bonds. The molecule has 3 nitrogen and oxygen atoms in total. The van der Waals surface area contributed by atoms with Crippen molar-refractivity contribution in [1.29, 1.82) is 0 Å². The molecular weight excluding hydrogens is 136 g/mol. The lowest BCUT2D eigenvalue weighted by atomic mass is 10.7. The van der Waals surface area contributed by atoms with Crippen molar-refractivity contribution < 1.29 is 4.79 Å². The van der Waals surface area contributed by atoms with Crippen molar-refractivity contribution in [2.24, 2.45) is 4.40 Å². The van der Waals surface area contributed by atoms with Crippen LogP contribution < -0.4 is 5.32 Å². The van der Waals surface area contributed by atoms with Crippen LogP contribution in [0.1, 0.15) is 20.8 Å². The number of thiol groups is 1. The standard InChI is InChI=1S/C3H6N2OS.C2H6/c1-3(5-7)4-2-6;1-2/h2,7H,1H3,(H,4,5,6);1-2H3. The van der Waals surface area contributed by atoms with E-state index in [2.05, 4.69) is 22.5 Å². The van der Waals surface area contributed by atoms with E-state index in [4.69, 9.17) is 0 Å². The second-order valence-electron chi connectivity index (χ2n) is 0.948. The maximum atomic E-state index is 9.55. The maximum Gasteiger partial charge on any atom is 0.212 e. The molecular formula is C5H12N2OS. The van der Waals surface area contributed by atoms with E-state index >= 15 is 0 Å². The van der Waals surface area contributed by atoms with E-state index in [0.717, 1.165) is 0 Å². The van der Waals surface area contributed by atoms with Crippen LogP contribution in [-0.4, -0.2) is 12.2 Å². The van der Waals surface area contributed by atoms with Crippen molar-refractivity contribution in [3.8, 4) is 0 Å². The molecule has 0 saturated heterocycles. The Balaban J connectivity index is 0. The molecule has 0 aliphatic rings. The second-order valence-corrected chi connectivity index (χ2v) is 1.15. The molecule has 0 rings (SSSR count). The highest BCUT2D eigenvalue weighted by Crippen LogP contribution is 1.72. The van der Waals surface area contributed by atoms with Gasteiger partial charge >= 0.3 is 0 Å². The summed E-state index contributed by atoms with van der Waals surface area (Å²) in [5.41, 5.74) is 0. The highest BCUT2D eigenvalue weighted by atomic mass is 32.1. The van der Waals surface area contributed by atoms with E-state index in [9.17, 15) is 4.79 Å². The quantitative estimate of drug-likeness (QED) is 0.248. The Morgan fingerprint density at radius 2 is 2.11 bits per heavy atom. The topological polar surface area (TPSA) is 41.5 Å². The first-order valence-corrected chi connectivity index (χ1v) is 3.10. The number of carbonyl (C=O) groups is 1. The minimum absolute atomic E-state index is 0.498. The fourth-order valence-electron chi connectivity index (χ4n) is 0.114. The van der Waals surface area contributed by atoms with Gasteiger partial charge in [0, 0.05) is 0 Å². The smallest absolute Gasteiger partial charge is 0.212 e. The predicted molar refractivity (Wildman–Crippen MR) is 42.6 cm³/mol. The van der Waals surface area contributed by atoms with Crippen molar-refractivity contribution in [2.75, 3.05) is 0 Å². The Labute approximate surface area is 61.1 Å². The van der Waals surface area contributed by atoms with Crippen LogP contribution in [-0.2, 0) is 4.79 Å². The number of carbonyl (C=O) groups excluding carboxylic acids is 1. The van der Waals surface area contributed by atoms with Crippen molar-refractivity contribution in [3.63, 3.8) is 0 Å². The van der Waals surface area contributed by atoms with Crippen LogP contribution in [0.2, 0.25) is 0 Å². The average Bonchev–Trinajstić information content (AvgIpc) is 1.93. The van der Waals surface area contributed by atoms with Crippen molar-refractivity contribution in [2.45, 2.75) is 20.8 Å². The number of hydrogen-bond donors (Lipinski definition) is 2. The zero-order chi connectivity index (χ0) is 7.70. The van der Waals surface area contributed by atoms with Crippen LogP contribution in [0.15, 0.2) is 4.40 Å². The molecule has 0 fully saturated rings. The first-order chi connectivity index (χ1) is 4.31. The Kier molecular flexibility index (Phi) is 13.2. The van der Waals surface area contributed by atoms with E-state index in [1.54, 1.807) is 6.92 Å². The Hall–Kier alpha value is -0.510. The number of nitrogens with zero attached hydrogens (tertiary/aromatic N) is 1. The molecule has 9 heavy (non-hydrogen) atoms. The summed E-state index contributed by atoms with van der Waals surface area (Å²) in [6, 6.07) is 0. The highest BCUT2D eigenvalue weighted by Gasteiger charge is 1.78. The summed E-state index contributed by atoms with van der Waals surface area (Å²) in [4.78, 5) is 9.55. The third-order valence-electron chi connectivity index (χ3n) is 0.418. The summed E-state index contributed by atoms with van der Waals surface area (Å²) in [5.74, 6) is 0.498. The van der Waals surface area contributed by atoms with Crippen molar-refractivity contribution in [1.82, 2.24) is 5.32 Å². The second kappa shape index (κ2) is 10.5. The monoisotopic (exact) mass is 148 g/mol. The number of amides is 1. The van der Waals surface area contributed by atoms with Gasteiger partial charge in [-0.1, -0.05) is 13.8 Å². The van der Waals surface area contributed by atoms with Crippen LogP contribution in [0.5, 0.6) is 0 Å². The maximum absolute atomic E-state index is 9.55. The molecule has 0 aromatic rings. The molecule has 0 saturated carbocycles. The van der Waals surface area contributed by atoms with Gasteiger partial charge in [0.05, 0.1) is 0 Å². The molecule has 0 aliphatic carbocycles. The SMILES string of the molecule is C/C(=N/S)NC=O.CC. The van der Waals surface area contributed by atoms with E-state index in [-0.39, 0.29) is 0 Å². The van der Waals surface area contributed by atoms with Crippen LogP contribution >= 0.6 is 12.8 Å². The van der Waals surface area contributed by atoms with E-state index in [0.29, 0.717) is 12.2 Å². The predicted octanol–water partition coefficient (Wildman–Crippen LogP) is 1.02. The number of amidine groups is 1. The molecule has 0 spiro atoms. The van der Waals surface area contributed by atoms with Gasteiger partial charge in [-0.3, -0.25) is 4.79 Å². The van der Waals surface area contributed by atoms with Crippen LogP contribution in [0.4, 0.5) is 0 Å². The van der Waals surface area contributed by atoms with Gasteiger partial charge in [-0.2, -0.15) is 0 Å². The highest BCUT2D eigenvalue weighted by molar-refractivity contribution is 7.79. The van der Waals surface area contributed by atoms with E-state index < -0.39 is 0 Å². The zero-order valence-electron chi connectivity index (χ0n) is 5.88. The van der Waals surface area contributed by atoms with Crippen LogP contribution in [0.3, 0.4) is 0 Å². The van der Waals surface area contributed by atoms with Gasteiger partial charge in [0.25, 0.3) is 0 Å². The molecule has 0 radical (unpaired) electrons. The Bertz CT molecular complexity index is 93.0. The lowest BCUT2D eigenvalue weighted by molar-refractivity contribution is -0.108. The van der Waals surface area contributed by atoms with Gasteiger partial charge in [0.2, 0.25) is 6.41 Å². The Morgan fingerprint density at radius 1 is 1.67 bits per heavy atom. The first-order valence-electron chi connectivity index (χ1n) is 2.70. The van der Waals surface area contributed by atoms with Gasteiger partial charge < -0.3 is 5.32 Å². The average molecular weight is 148 g/mol. The molecule has 0 aromatic heterocycles. The van der Waals surface area contributed by atoms with Gasteiger partial charge in [0.15, 0.2) is 0 Å². The number of hydrogen-bond acceptors (Lipinski definition) is 3. The summed E-state index contributed by atoms with van der Waals surface area (Å²) in [6.45, 7) is 5.64. The van der Waals surface area contributed by atoms with Gasteiger partial charge in [-0.05, 0) is 19.7 Å². The fourth-order valence-corrected chi connectivity index (χ4v) is 0.172. The van der Waals surface area contributed by atoms with Gasteiger partial charge in [-0.25, -0.2) is 4.40 Å². The summed E-state index contributed by atoms with van der Waals surface area (Å²) >= 11 is 3.52. The Morgan fingerprint density at radius 3 is 2.22 bits per heavy atom. The van der Waals surface area contributed by atoms with Crippen molar-refractivity contribution >= 4 is 25.1 Å². The molecule has 54 valence electrons. The van der Waals surface area contributed by atoms with Crippen LogP contribution in [0, 0.1) is 0 Å². The molecule has 0 aromatic carbocycles. The van der Waals surface area contributed by atoms with Gasteiger partial charge in [-0.15, -0.1) is 0 Å². The van der Waals surface area contributed by atoms with Crippen molar-refractivity contribution in [3.05, 3.63) is 0 Å². The fraction of sp³-hybridized carbons (Fsp3) is 0.600. The molecule has 0 heterocycles. The van der Waals surface area contributed by atoms with Gasteiger partial charge in [0.1, 0.15) is 5.84 Å². The third-order valence-corrected chi connectivity index (χ3v) is 0.718. The van der Waals surface area contributed by atoms with Crippen LogP contribution in [0.25, 0.3) is 0 Å². The molecule has 0 aliphatic heterocycles. The molecule has 0 unspecified atom stereocenters. The minimum atomic E-state index is 0.498.